The van der Waals surface area contributed by atoms with Gasteiger partial charge in [-0.05, 0) is 18.2 Å². The summed E-state index contributed by atoms with van der Waals surface area (Å²) in [5.41, 5.74) is -0.706. The molecule has 0 saturated carbocycles. The van der Waals surface area contributed by atoms with E-state index in [2.05, 4.69) is 5.32 Å². The molecule has 0 aliphatic rings. The number of ether oxygens (including phenoxy) is 1. The average molecular weight is 325 g/mol. The fourth-order valence-electron chi connectivity index (χ4n) is 1.85. The van der Waals surface area contributed by atoms with Crippen molar-refractivity contribution in [1.82, 2.24) is 0 Å². The van der Waals surface area contributed by atoms with E-state index in [1.54, 1.807) is 0 Å². The van der Waals surface area contributed by atoms with Gasteiger partial charge in [-0.3, -0.25) is 14.9 Å². The number of hydrogen-bond acceptors (Lipinski definition) is 4. The topological polar surface area (TPSA) is 81.5 Å². The molecule has 2 aromatic carbocycles. The molecule has 0 fully saturated rings. The summed E-state index contributed by atoms with van der Waals surface area (Å²) < 4.78 is 18.3. The van der Waals surface area contributed by atoms with Crippen LogP contribution in [0.15, 0.2) is 36.4 Å². The average Bonchev–Trinajstić information content (AvgIpc) is 2.47. The third-order valence-electron chi connectivity index (χ3n) is 2.83. The van der Waals surface area contributed by atoms with E-state index in [9.17, 15) is 19.3 Å². The molecule has 114 valence electrons. The minimum atomic E-state index is -0.832. The molecule has 0 atom stereocenters. The summed E-state index contributed by atoms with van der Waals surface area (Å²) >= 11 is 5.87. The first kappa shape index (κ1) is 15.7. The number of amides is 1. The van der Waals surface area contributed by atoms with Crippen LogP contribution in [0.4, 0.5) is 15.8 Å². The largest absolute Gasteiger partial charge is 0.495 e. The molecule has 0 unspecified atom stereocenters. The molecule has 0 radical (unpaired) electrons. The molecule has 2 rings (SSSR count). The highest BCUT2D eigenvalue weighted by Gasteiger charge is 2.24. The maximum absolute atomic E-state index is 13.3. The van der Waals surface area contributed by atoms with Crippen molar-refractivity contribution >= 4 is 28.9 Å². The second-order valence-electron chi connectivity index (χ2n) is 4.19. The van der Waals surface area contributed by atoms with Gasteiger partial charge in [-0.1, -0.05) is 17.7 Å². The van der Waals surface area contributed by atoms with Gasteiger partial charge in [0.25, 0.3) is 11.6 Å². The minimum absolute atomic E-state index is 0.0433. The van der Waals surface area contributed by atoms with Crippen LogP contribution in [0.25, 0.3) is 0 Å². The van der Waals surface area contributed by atoms with E-state index in [1.807, 2.05) is 0 Å². The smallest absolute Gasteiger partial charge is 0.283 e. The van der Waals surface area contributed by atoms with Crippen molar-refractivity contribution in [3.63, 3.8) is 0 Å². The van der Waals surface area contributed by atoms with E-state index in [4.69, 9.17) is 16.3 Å². The summed E-state index contributed by atoms with van der Waals surface area (Å²) in [7, 11) is 1.35. The number of nitrogens with zero attached hydrogens (tertiary/aromatic N) is 1. The second-order valence-corrected chi connectivity index (χ2v) is 4.60. The maximum atomic E-state index is 13.3. The molecule has 1 amide bonds. The van der Waals surface area contributed by atoms with Gasteiger partial charge in [0.1, 0.15) is 17.1 Å². The Bertz CT molecular complexity index is 752. The molecule has 0 heterocycles. The fourth-order valence-corrected chi connectivity index (χ4v) is 2.11. The van der Waals surface area contributed by atoms with Crippen molar-refractivity contribution in [2.24, 2.45) is 0 Å². The molecule has 1 N–H and O–H groups in total. The van der Waals surface area contributed by atoms with E-state index in [1.165, 1.54) is 25.3 Å². The zero-order valence-electron chi connectivity index (χ0n) is 11.3. The normalized spacial score (nSPS) is 10.1. The number of nitro benzene ring substituents is 1. The molecular weight excluding hydrogens is 315 g/mol. The number of hydrogen-bond donors (Lipinski definition) is 1. The molecule has 0 aliphatic heterocycles. The highest BCUT2D eigenvalue weighted by molar-refractivity contribution is 6.35. The quantitative estimate of drug-likeness (QED) is 0.687. The Labute approximate surface area is 129 Å². The lowest BCUT2D eigenvalue weighted by Gasteiger charge is -2.11. The summed E-state index contributed by atoms with van der Waals surface area (Å²) in [6, 6.07) is 7.40. The van der Waals surface area contributed by atoms with Gasteiger partial charge in [0, 0.05) is 12.1 Å². The molecule has 8 heteroatoms. The van der Waals surface area contributed by atoms with Gasteiger partial charge in [-0.25, -0.2) is 4.39 Å². The van der Waals surface area contributed by atoms with Gasteiger partial charge in [0.2, 0.25) is 0 Å². The molecule has 6 nitrogen and oxygen atoms in total. The number of benzene rings is 2. The van der Waals surface area contributed by atoms with Crippen molar-refractivity contribution in [2.45, 2.75) is 0 Å². The Morgan fingerprint density at radius 2 is 2.09 bits per heavy atom. The van der Waals surface area contributed by atoms with Crippen molar-refractivity contribution in [3.05, 3.63) is 62.9 Å². The molecule has 0 aliphatic carbocycles. The number of carbonyl (C=O) groups is 1. The Hall–Kier alpha value is -2.67. The predicted octanol–water partition coefficient (Wildman–Crippen LogP) is 3.65. The van der Waals surface area contributed by atoms with Gasteiger partial charge in [-0.15, -0.1) is 0 Å². The van der Waals surface area contributed by atoms with Crippen LogP contribution in [0.1, 0.15) is 10.4 Å². The van der Waals surface area contributed by atoms with Gasteiger partial charge in [0.15, 0.2) is 0 Å². The number of methoxy groups -OCH3 is 1. The van der Waals surface area contributed by atoms with Gasteiger partial charge < -0.3 is 10.1 Å². The summed E-state index contributed by atoms with van der Waals surface area (Å²) in [6.45, 7) is 0. The predicted molar refractivity (Wildman–Crippen MR) is 79.0 cm³/mol. The van der Waals surface area contributed by atoms with E-state index < -0.39 is 22.3 Å². The number of carbonyl (C=O) groups excluding carboxylic acids is 1. The van der Waals surface area contributed by atoms with Crippen molar-refractivity contribution in [3.8, 4) is 5.75 Å². The number of nitrogens with one attached hydrogen (secondary N) is 1. The maximum Gasteiger partial charge on any atom is 0.283 e. The second kappa shape index (κ2) is 6.40. The molecule has 0 aromatic heterocycles. The van der Waals surface area contributed by atoms with E-state index in [-0.39, 0.29) is 22.0 Å². The van der Waals surface area contributed by atoms with Crippen LogP contribution in [0, 0.1) is 15.9 Å². The van der Waals surface area contributed by atoms with Gasteiger partial charge >= 0.3 is 0 Å². The zero-order valence-corrected chi connectivity index (χ0v) is 12.1. The lowest BCUT2D eigenvalue weighted by Crippen LogP contribution is -2.15. The molecule has 0 saturated heterocycles. The molecule has 22 heavy (non-hydrogen) atoms. The van der Waals surface area contributed by atoms with Crippen molar-refractivity contribution in [2.75, 3.05) is 12.4 Å². The summed E-state index contributed by atoms with van der Waals surface area (Å²) in [5.74, 6) is -1.21. The third-order valence-corrected chi connectivity index (χ3v) is 3.14. The molecule has 0 spiro atoms. The number of halogens is 2. The van der Waals surface area contributed by atoms with Crippen LogP contribution in [0.5, 0.6) is 5.75 Å². The summed E-state index contributed by atoms with van der Waals surface area (Å²) in [4.78, 5) is 22.5. The first-order valence-corrected chi connectivity index (χ1v) is 6.39. The highest BCUT2D eigenvalue weighted by atomic mass is 35.5. The number of rotatable bonds is 4. The Balaban J connectivity index is 2.43. The van der Waals surface area contributed by atoms with Gasteiger partial charge in [-0.2, -0.15) is 0 Å². The first-order valence-electron chi connectivity index (χ1n) is 6.02. The van der Waals surface area contributed by atoms with E-state index in [0.29, 0.717) is 0 Å². The van der Waals surface area contributed by atoms with Crippen LogP contribution in [0.2, 0.25) is 5.02 Å². The molecule has 2 aromatic rings. The standard InChI is InChI=1S/C14H10ClFN2O4/c1-22-12-6-5-8(16)7-10(12)17-14(19)13-9(15)3-2-4-11(13)18(20)21/h2-7H,1H3,(H,17,19). The van der Waals surface area contributed by atoms with Crippen LogP contribution >= 0.6 is 11.6 Å². The third kappa shape index (κ3) is 3.15. The first-order chi connectivity index (χ1) is 10.4. The van der Waals surface area contributed by atoms with E-state index >= 15 is 0 Å². The number of anilines is 1. The molecule has 0 bridgehead atoms. The van der Waals surface area contributed by atoms with Gasteiger partial charge in [0.05, 0.1) is 22.7 Å². The Kier molecular flexibility index (Phi) is 4.57. The van der Waals surface area contributed by atoms with Crippen molar-refractivity contribution < 1.29 is 18.8 Å². The van der Waals surface area contributed by atoms with Crippen molar-refractivity contribution in [1.29, 1.82) is 0 Å². The monoisotopic (exact) mass is 324 g/mol. The van der Waals surface area contributed by atoms with Crippen LogP contribution in [-0.4, -0.2) is 17.9 Å². The van der Waals surface area contributed by atoms with Crippen LogP contribution < -0.4 is 10.1 Å². The SMILES string of the molecule is COc1ccc(F)cc1NC(=O)c1c(Cl)cccc1[N+](=O)[O-]. The summed E-state index contributed by atoms with van der Waals surface area (Å²) in [5, 5.41) is 13.3. The van der Waals surface area contributed by atoms with Crippen LogP contribution in [-0.2, 0) is 0 Å². The lowest BCUT2D eigenvalue weighted by molar-refractivity contribution is -0.385. The summed E-state index contributed by atoms with van der Waals surface area (Å²) in [6.07, 6.45) is 0. The highest BCUT2D eigenvalue weighted by Crippen LogP contribution is 2.30. The fraction of sp³-hybridized carbons (Fsp3) is 0.0714. The Morgan fingerprint density at radius 1 is 1.36 bits per heavy atom. The van der Waals surface area contributed by atoms with Crippen LogP contribution in [0.3, 0.4) is 0 Å². The zero-order chi connectivity index (χ0) is 16.3. The molecular formula is C14H10ClFN2O4. The number of nitro groups is 1. The Morgan fingerprint density at radius 3 is 2.73 bits per heavy atom. The lowest BCUT2D eigenvalue weighted by atomic mass is 10.1. The minimum Gasteiger partial charge on any atom is -0.495 e. The van der Waals surface area contributed by atoms with E-state index in [0.717, 1.165) is 18.2 Å².